The Morgan fingerprint density at radius 3 is 2.41 bits per heavy atom. The van der Waals surface area contributed by atoms with Crippen LogP contribution in [0.15, 0.2) is 86.3 Å². The number of benzene rings is 2. The first-order chi connectivity index (χ1) is 17.6. The maximum absolute atomic E-state index is 12.6. The molecule has 37 heavy (non-hydrogen) atoms. The van der Waals surface area contributed by atoms with Crippen LogP contribution in [0, 0.1) is 6.92 Å². The van der Waals surface area contributed by atoms with Gasteiger partial charge in [-0.05, 0) is 50.6 Å². The predicted molar refractivity (Wildman–Crippen MR) is 143 cm³/mol. The maximum atomic E-state index is 12.6. The van der Waals surface area contributed by atoms with Crippen molar-refractivity contribution in [1.82, 2.24) is 10.5 Å². The molecule has 0 saturated heterocycles. The normalized spacial score (nSPS) is 15.5. The van der Waals surface area contributed by atoms with E-state index in [9.17, 15) is 18.0 Å². The smallest absolute Gasteiger partial charge is 0.263 e. The van der Waals surface area contributed by atoms with E-state index in [0.717, 1.165) is 5.56 Å². The van der Waals surface area contributed by atoms with Gasteiger partial charge in [0, 0.05) is 23.0 Å². The Labute approximate surface area is 218 Å². The van der Waals surface area contributed by atoms with Gasteiger partial charge in [-0.1, -0.05) is 47.3 Å². The number of aryl methyl sites for hydroxylation is 1. The van der Waals surface area contributed by atoms with E-state index in [-0.39, 0.29) is 28.2 Å². The first-order valence-electron chi connectivity index (χ1n) is 11.2. The summed E-state index contributed by atoms with van der Waals surface area (Å²) in [6.45, 7) is 4.98. The first kappa shape index (κ1) is 26.2. The second-order valence-corrected chi connectivity index (χ2v) is 10.9. The molecule has 0 aliphatic carbocycles. The molecule has 0 radical (unpaired) electrons. The zero-order valence-corrected chi connectivity index (χ0v) is 21.9. The van der Waals surface area contributed by atoms with Gasteiger partial charge >= 0.3 is 0 Å². The second-order valence-electron chi connectivity index (χ2n) is 8.26. The summed E-state index contributed by atoms with van der Waals surface area (Å²) in [6, 6.07) is 16.3. The molecular weight excluding hydrogens is 514 g/mol. The van der Waals surface area contributed by atoms with Crippen molar-refractivity contribution in [3.05, 3.63) is 83.3 Å². The molecule has 1 atom stereocenters. The SMILES string of the molecule is CC(=O)C1=C(C)NC(SCC(=O)Nc2ccc(S(=O)(=O)Nc3cc(C)on3)cc2)=NC1c1ccccc1. The molecule has 2 heterocycles. The van der Waals surface area contributed by atoms with Gasteiger partial charge in [0.25, 0.3) is 10.0 Å². The number of carbonyl (C=O) groups excluding carboxylic acids is 2. The lowest BCUT2D eigenvalue weighted by Gasteiger charge is -2.25. The van der Waals surface area contributed by atoms with Crippen LogP contribution in [0.1, 0.15) is 31.2 Å². The number of nitrogens with one attached hydrogen (secondary N) is 3. The Hall–Kier alpha value is -3.90. The van der Waals surface area contributed by atoms with Crippen molar-refractivity contribution < 1.29 is 22.5 Å². The Morgan fingerprint density at radius 2 is 1.78 bits per heavy atom. The minimum Gasteiger partial charge on any atom is -0.360 e. The van der Waals surface area contributed by atoms with E-state index in [1.807, 2.05) is 37.3 Å². The third kappa shape index (κ3) is 6.46. The molecule has 3 aromatic rings. The van der Waals surface area contributed by atoms with Gasteiger partial charge in [0.15, 0.2) is 16.8 Å². The van der Waals surface area contributed by atoms with Gasteiger partial charge in [-0.25, -0.2) is 13.4 Å². The number of thioether (sulfide) groups is 1. The van der Waals surface area contributed by atoms with E-state index < -0.39 is 16.1 Å². The summed E-state index contributed by atoms with van der Waals surface area (Å²) in [7, 11) is -3.86. The molecular formula is C25H25N5O5S2. The van der Waals surface area contributed by atoms with Gasteiger partial charge < -0.3 is 15.2 Å². The topological polar surface area (TPSA) is 143 Å². The summed E-state index contributed by atoms with van der Waals surface area (Å²) in [6.07, 6.45) is 0. The van der Waals surface area contributed by atoms with Gasteiger partial charge in [-0.3, -0.25) is 14.3 Å². The van der Waals surface area contributed by atoms with E-state index in [4.69, 9.17) is 4.52 Å². The highest BCUT2D eigenvalue weighted by Crippen LogP contribution is 2.32. The number of Topliss-reactive ketones (excluding diaryl/α,β-unsaturated/α-hetero) is 1. The highest BCUT2D eigenvalue weighted by Gasteiger charge is 2.27. The molecule has 12 heteroatoms. The van der Waals surface area contributed by atoms with Crippen LogP contribution in [0.4, 0.5) is 11.5 Å². The molecule has 0 spiro atoms. The van der Waals surface area contributed by atoms with Crippen LogP contribution in [0.2, 0.25) is 0 Å². The van der Waals surface area contributed by atoms with Crippen molar-refractivity contribution in [2.24, 2.45) is 4.99 Å². The number of aromatic nitrogens is 1. The molecule has 1 unspecified atom stereocenters. The molecule has 1 aromatic heterocycles. The number of hydrogen-bond donors (Lipinski definition) is 3. The van der Waals surface area contributed by atoms with Gasteiger partial charge in [0.1, 0.15) is 11.8 Å². The molecule has 3 N–H and O–H groups in total. The molecule has 2 aromatic carbocycles. The van der Waals surface area contributed by atoms with E-state index in [1.165, 1.54) is 49.0 Å². The zero-order chi connectivity index (χ0) is 26.6. The van der Waals surface area contributed by atoms with Crippen LogP contribution in [0.25, 0.3) is 0 Å². The minimum atomic E-state index is -3.86. The van der Waals surface area contributed by atoms with Crippen molar-refractivity contribution in [2.75, 3.05) is 15.8 Å². The van der Waals surface area contributed by atoms with Crippen molar-refractivity contribution in [1.29, 1.82) is 0 Å². The Morgan fingerprint density at radius 1 is 1.08 bits per heavy atom. The number of ketones is 1. The Kier molecular flexibility index (Phi) is 7.79. The number of aliphatic imine (C=N–C) groups is 1. The maximum Gasteiger partial charge on any atom is 0.263 e. The lowest BCUT2D eigenvalue weighted by Crippen LogP contribution is -2.30. The van der Waals surface area contributed by atoms with E-state index >= 15 is 0 Å². The highest BCUT2D eigenvalue weighted by atomic mass is 32.2. The van der Waals surface area contributed by atoms with Crippen molar-refractivity contribution in [2.45, 2.75) is 31.7 Å². The van der Waals surface area contributed by atoms with Crippen LogP contribution < -0.4 is 15.4 Å². The number of hydrogen-bond acceptors (Lipinski definition) is 9. The monoisotopic (exact) mass is 539 g/mol. The van der Waals surface area contributed by atoms with Crippen LogP contribution in [0.5, 0.6) is 0 Å². The van der Waals surface area contributed by atoms with E-state index in [1.54, 1.807) is 6.92 Å². The van der Waals surface area contributed by atoms with Crippen LogP contribution in [0.3, 0.4) is 0 Å². The fraction of sp³-hybridized carbons (Fsp3) is 0.200. The average molecular weight is 540 g/mol. The Balaban J connectivity index is 1.38. The fourth-order valence-electron chi connectivity index (χ4n) is 3.71. The summed E-state index contributed by atoms with van der Waals surface area (Å²) in [5.74, 6) is 0.256. The largest absolute Gasteiger partial charge is 0.360 e. The zero-order valence-electron chi connectivity index (χ0n) is 20.3. The summed E-state index contributed by atoms with van der Waals surface area (Å²) in [5.41, 5.74) is 2.62. The van der Waals surface area contributed by atoms with Crippen molar-refractivity contribution in [3.63, 3.8) is 0 Å². The molecule has 1 amide bonds. The van der Waals surface area contributed by atoms with Crippen LogP contribution in [-0.4, -0.2) is 36.2 Å². The Bertz CT molecular complexity index is 1480. The standard InChI is InChI=1S/C25H25N5O5S2/c1-15-13-21(29-35-15)30-37(33,34)20-11-9-19(10-12-20)27-22(32)14-36-25-26-16(2)23(17(3)31)24(28-25)18-7-5-4-6-8-18/h4-13,24H,14H2,1-3H3,(H,26,28)(H,27,32)(H,29,30). The third-order valence-electron chi connectivity index (χ3n) is 5.37. The number of allylic oxidation sites excluding steroid dienone is 1. The summed E-state index contributed by atoms with van der Waals surface area (Å²) in [4.78, 5) is 29.5. The van der Waals surface area contributed by atoms with Gasteiger partial charge in [0.2, 0.25) is 5.91 Å². The first-order valence-corrected chi connectivity index (χ1v) is 13.7. The number of sulfonamides is 1. The molecule has 0 fully saturated rings. The lowest BCUT2D eigenvalue weighted by atomic mass is 9.94. The summed E-state index contributed by atoms with van der Waals surface area (Å²) >= 11 is 1.21. The van der Waals surface area contributed by atoms with Gasteiger partial charge in [0.05, 0.1) is 10.6 Å². The van der Waals surface area contributed by atoms with Crippen molar-refractivity contribution in [3.8, 4) is 0 Å². The molecule has 10 nitrogen and oxygen atoms in total. The van der Waals surface area contributed by atoms with E-state index in [2.05, 4.69) is 25.5 Å². The third-order valence-corrected chi connectivity index (χ3v) is 7.63. The molecule has 0 bridgehead atoms. The number of nitrogens with zero attached hydrogens (tertiary/aromatic N) is 2. The molecule has 1 aliphatic rings. The quantitative estimate of drug-likeness (QED) is 0.390. The number of anilines is 2. The van der Waals surface area contributed by atoms with E-state index in [0.29, 0.717) is 27.9 Å². The van der Waals surface area contributed by atoms with Gasteiger partial charge in [-0.15, -0.1) is 0 Å². The fourth-order valence-corrected chi connectivity index (χ4v) is 5.44. The molecule has 1 aliphatic heterocycles. The van der Waals surface area contributed by atoms with Crippen LogP contribution >= 0.6 is 11.8 Å². The highest BCUT2D eigenvalue weighted by molar-refractivity contribution is 8.14. The molecule has 0 saturated carbocycles. The predicted octanol–water partition coefficient (Wildman–Crippen LogP) is 4.02. The molecule has 4 rings (SSSR count). The summed E-state index contributed by atoms with van der Waals surface area (Å²) < 4.78 is 32.2. The summed E-state index contributed by atoms with van der Waals surface area (Å²) in [5, 5.41) is 10.0. The van der Waals surface area contributed by atoms with Crippen molar-refractivity contribution >= 4 is 50.1 Å². The number of carbonyl (C=O) groups is 2. The second kappa shape index (κ2) is 11.0. The number of amidine groups is 1. The minimum absolute atomic E-state index is 0.0109. The molecule has 192 valence electrons. The average Bonchev–Trinajstić information content (AvgIpc) is 3.26. The number of rotatable bonds is 8. The van der Waals surface area contributed by atoms with Crippen LogP contribution in [-0.2, 0) is 19.6 Å². The lowest BCUT2D eigenvalue weighted by molar-refractivity contribution is -0.114. The van der Waals surface area contributed by atoms with Gasteiger partial charge in [-0.2, -0.15) is 0 Å². The number of amides is 1.